The van der Waals surface area contributed by atoms with Gasteiger partial charge in [0.25, 0.3) is 5.91 Å². The number of hydrogen-bond acceptors (Lipinski definition) is 7. The van der Waals surface area contributed by atoms with Crippen LogP contribution in [0.1, 0.15) is 21.6 Å². The van der Waals surface area contributed by atoms with Gasteiger partial charge in [-0.3, -0.25) is 9.20 Å². The molecule has 0 bridgehead atoms. The summed E-state index contributed by atoms with van der Waals surface area (Å²) in [4.78, 5) is 20.3. The summed E-state index contributed by atoms with van der Waals surface area (Å²) in [6.07, 6.45) is 4.38. The highest BCUT2D eigenvalue weighted by atomic mass is 32.2. The van der Waals surface area contributed by atoms with Crippen LogP contribution in [0.4, 0.5) is 27.8 Å². The first kappa shape index (κ1) is 24.3. The third-order valence-electron chi connectivity index (χ3n) is 4.96. The largest absolute Gasteiger partial charge is 0.516 e. The zero-order valence-electron chi connectivity index (χ0n) is 17.8. The summed E-state index contributed by atoms with van der Waals surface area (Å²) in [6.45, 7) is 0.504. The fraction of sp³-hybridized carbons (Fsp3) is 0.263. The molecule has 0 aliphatic carbocycles. The van der Waals surface area contributed by atoms with E-state index in [0.717, 1.165) is 11.1 Å². The first-order valence-electron chi connectivity index (χ1n) is 9.84. The van der Waals surface area contributed by atoms with Gasteiger partial charge in [-0.2, -0.15) is 26.7 Å². The Bertz CT molecular complexity index is 1440. The van der Waals surface area contributed by atoms with Gasteiger partial charge in [0.1, 0.15) is 12.0 Å². The Balaban J connectivity index is 1.44. The van der Waals surface area contributed by atoms with Crippen molar-refractivity contribution in [1.82, 2.24) is 24.0 Å². The van der Waals surface area contributed by atoms with Crippen molar-refractivity contribution in [2.24, 2.45) is 5.10 Å². The maximum Gasteiger partial charge on any atom is 0.516 e. The van der Waals surface area contributed by atoms with Crippen LogP contribution in [0.3, 0.4) is 0 Å². The lowest BCUT2D eigenvalue weighted by Gasteiger charge is -2.29. The van der Waals surface area contributed by atoms with E-state index in [0.29, 0.717) is 11.9 Å². The molecule has 0 fully saturated rings. The van der Waals surface area contributed by atoms with Gasteiger partial charge in [0.2, 0.25) is 0 Å². The first-order chi connectivity index (χ1) is 16.4. The second-order valence-electron chi connectivity index (χ2n) is 7.45. The van der Waals surface area contributed by atoms with Gasteiger partial charge in [-0.15, -0.1) is 0 Å². The quantitative estimate of drug-likeness (QED) is 0.520. The summed E-state index contributed by atoms with van der Waals surface area (Å²) >= 11 is 0. The molecule has 0 saturated heterocycles. The van der Waals surface area contributed by atoms with Gasteiger partial charge >= 0.3 is 15.5 Å². The van der Waals surface area contributed by atoms with Gasteiger partial charge in [0.15, 0.2) is 23.1 Å². The Morgan fingerprint density at radius 1 is 1.11 bits per heavy atom. The van der Waals surface area contributed by atoms with Crippen molar-refractivity contribution in [2.45, 2.75) is 19.0 Å². The molecule has 1 aliphatic heterocycles. The van der Waals surface area contributed by atoms with E-state index in [1.54, 1.807) is 6.92 Å². The number of aryl methyl sites for hydroxylation is 1. The average Bonchev–Trinajstić information content (AvgIpc) is 3.21. The fourth-order valence-corrected chi connectivity index (χ4v) is 4.03. The van der Waals surface area contributed by atoms with E-state index in [1.165, 1.54) is 29.1 Å². The van der Waals surface area contributed by atoms with Crippen molar-refractivity contribution >= 4 is 33.7 Å². The van der Waals surface area contributed by atoms with Crippen LogP contribution in [0.15, 0.2) is 35.8 Å². The Kier molecular flexibility index (Phi) is 6.08. The fourth-order valence-electron chi connectivity index (χ4n) is 3.28. The standard InChI is InChI=1S/C19H16F5N7O3S/c1-11-4-13(20)16-26-8-15(30(16)9-11)18(32)27-7-12-5-14(21)17(25-6-12)31-3-2-29(10-28-31)35(33,34)19(22,23)24/h4-6,8-10H,2-3,7H2,1H3,(H,27,32). The summed E-state index contributed by atoms with van der Waals surface area (Å²) in [6, 6.07) is 2.31. The number of carbonyl (C=O) groups excluding carboxylic acids is 1. The molecule has 0 aromatic carbocycles. The molecule has 1 aliphatic rings. The lowest BCUT2D eigenvalue weighted by molar-refractivity contribution is -0.0471. The molecule has 10 nitrogen and oxygen atoms in total. The predicted molar refractivity (Wildman–Crippen MR) is 113 cm³/mol. The topological polar surface area (TPSA) is 112 Å². The summed E-state index contributed by atoms with van der Waals surface area (Å²) in [5, 5.41) is 7.00. The Labute approximate surface area is 194 Å². The molecule has 35 heavy (non-hydrogen) atoms. The van der Waals surface area contributed by atoms with Gasteiger partial charge in [-0.05, 0) is 30.2 Å². The number of pyridine rings is 2. The minimum absolute atomic E-state index is 0.0127. The van der Waals surface area contributed by atoms with Gasteiger partial charge < -0.3 is 5.32 Å². The van der Waals surface area contributed by atoms with Gasteiger partial charge in [-0.1, -0.05) is 0 Å². The van der Waals surface area contributed by atoms with Crippen molar-refractivity contribution < 1.29 is 35.2 Å². The minimum Gasteiger partial charge on any atom is -0.347 e. The summed E-state index contributed by atoms with van der Waals surface area (Å²) in [5.41, 5.74) is -4.64. The van der Waals surface area contributed by atoms with Crippen molar-refractivity contribution in [2.75, 3.05) is 18.1 Å². The van der Waals surface area contributed by atoms with E-state index >= 15 is 0 Å². The SMILES string of the molecule is Cc1cc(F)c2ncc(C(=O)NCc3cnc(N4CCN(S(=O)(=O)C(F)(F)F)C=N4)c(F)c3)n2c1. The molecule has 0 spiro atoms. The normalized spacial score (nSPS) is 14.6. The molecule has 0 saturated carbocycles. The van der Waals surface area contributed by atoms with Crippen molar-refractivity contribution in [3.05, 3.63) is 59.2 Å². The Morgan fingerprint density at radius 2 is 1.86 bits per heavy atom. The first-order valence-corrected chi connectivity index (χ1v) is 11.3. The molecule has 3 aromatic rings. The minimum atomic E-state index is -5.60. The number of fused-ring (bicyclic) bond motifs is 1. The number of hydrogen-bond donors (Lipinski definition) is 1. The van der Waals surface area contributed by atoms with E-state index in [-0.39, 0.29) is 40.1 Å². The Morgan fingerprint density at radius 3 is 2.49 bits per heavy atom. The summed E-state index contributed by atoms with van der Waals surface area (Å²) in [7, 11) is -5.60. The number of nitrogens with one attached hydrogen (secondary N) is 1. The number of alkyl halides is 3. The monoisotopic (exact) mass is 517 g/mol. The molecule has 4 heterocycles. The zero-order chi connectivity index (χ0) is 25.5. The van der Waals surface area contributed by atoms with Crippen LogP contribution >= 0.6 is 0 Å². The smallest absolute Gasteiger partial charge is 0.347 e. The van der Waals surface area contributed by atoms with Crippen LogP contribution < -0.4 is 10.3 Å². The molecule has 0 atom stereocenters. The van der Waals surface area contributed by atoms with E-state index in [1.807, 2.05) is 0 Å². The number of hydrazone groups is 1. The molecular formula is C19H16F5N7O3S. The molecular weight excluding hydrogens is 501 g/mol. The number of amides is 1. The molecule has 0 unspecified atom stereocenters. The van der Waals surface area contributed by atoms with Gasteiger partial charge in [0, 0.05) is 18.9 Å². The molecule has 0 radical (unpaired) electrons. The van der Waals surface area contributed by atoms with Crippen molar-refractivity contribution in [3.63, 3.8) is 0 Å². The molecule has 16 heteroatoms. The van der Waals surface area contributed by atoms with Crippen LogP contribution in [0.25, 0.3) is 5.65 Å². The zero-order valence-corrected chi connectivity index (χ0v) is 18.6. The van der Waals surface area contributed by atoms with E-state index < -0.39 is 39.6 Å². The number of sulfonamides is 1. The van der Waals surface area contributed by atoms with E-state index in [4.69, 9.17) is 0 Å². The number of halogens is 5. The second kappa shape index (κ2) is 8.75. The second-order valence-corrected chi connectivity index (χ2v) is 9.33. The molecule has 186 valence electrons. The van der Waals surface area contributed by atoms with Crippen LogP contribution in [-0.2, 0) is 16.6 Å². The highest BCUT2D eigenvalue weighted by Gasteiger charge is 2.50. The lowest BCUT2D eigenvalue weighted by Crippen LogP contribution is -2.46. The van der Waals surface area contributed by atoms with Crippen LogP contribution in [0.5, 0.6) is 0 Å². The highest BCUT2D eigenvalue weighted by Crippen LogP contribution is 2.27. The number of rotatable bonds is 5. The third-order valence-corrected chi connectivity index (χ3v) is 6.44. The predicted octanol–water partition coefficient (Wildman–Crippen LogP) is 2.16. The number of nitrogens with zero attached hydrogens (tertiary/aromatic N) is 6. The number of carbonyl (C=O) groups is 1. The van der Waals surface area contributed by atoms with Crippen molar-refractivity contribution in [1.29, 1.82) is 0 Å². The van der Waals surface area contributed by atoms with Crippen LogP contribution in [0, 0.1) is 18.6 Å². The number of aromatic nitrogens is 3. The average molecular weight is 517 g/mol. The highest BCUT2D eigenvalue weighted by molar-refractivity contribution is 7.90. The maximum atomic E-state index is 14.6. The number of anilines is 1. The summed E-state index contributed by atoms with van der Waals surface area (Å²) < 4.78 is 90.7. The van der Waals surface area contributed by atoms with Crippen LogP contribution in [0.2, 0.25) is 0 Å². The molecule has 3 aromatic heterocycles. The number of imidazole rings is 1. The van der Waals surface area contributed by atoms with E-state index in [9.17, 15) is 35.2 Å². The summed E-state index contributed by atoms with van der Waals surface area (Å²) in [5.74, 6) is -2.43. The van der Waals surface area contributed by atoms with Gasteiger partial charge in [-0.25, -0.2) is 28.1 Å². The van der Waals surface area contributed by atoms with Gasteiger partial charge in [0.05, 0.1) is 19.3 Å². The van der Waals surface area contributed by atoms with E-state index in [2.05, 4.69) is 20.4 Å². The third kappa shape index (κ3) is 4.60. The lowest BCUT2D eigenvalue weighted by atomic mass is 10.2. The molecule has 4 rings (SSSR count). The molecule has 1 N–H and O–H groups in total. The molecule has 1 amide bonds. The Hall–Kier alpha value is -3.82. The van der Waals surface area contributed by atoms with Crippen molar-refractivity contribution in [3.8, 4) is 0 Å². The maximum absolute atomic E-state index is 14.6. The van der Waals surface area contributed by atoms with Crippen LogP contribution in [-0.4, -0.2) is 57.9 Å².